The van der Waals surface area contributed by atoms with Gasteiger partial charge in [0.05, 0.1) is 6.04 Å². The molecule has 0 amide bonds. The van der Waals surface area contributed by atoms with E-state index >= 15 is 0 Å². The van der Waals surface area contributed by atoms with Gasteiger partial charge in [-0.2, -0.15) is 0 Å². The lowest BCUT2D eigenvalue weighted by atomic mass is 10.0. The van der Waals surface area contributed by atoms with Crippen molar-refractivity contribution < 1.29 is 9.84 Å². The largest absolute Gasteiger partial charge is 0.508 e. The van der Waals surface area contributed by atoms with Gasteiger partial charge in [-0.05, 0) is 43.0 Å². The molecule has 0 spiro atoms. The van der Waals surface area contributed by atoms with Crippen molar-refractivity contribution in [2.75, 3.05) is 20.2 Å². The number of phenols is 1. The van der Waals surface area contributed by atoms with Crippen molar-refractivity contribution >= 4 is 17.3 Å². The Balaban J connectivity index is 1.78. The molecule has 0 saturated heterocycles. The molecular formula is C15H18N3O2S. The van der Waals surface area contributed by atoms with E-state index in [4.69, 9.17) is 17.0 Å². The second kappa shape index (κ2) is 5.91. The minimum Gasteiger partial charge on any atom is -0.508 e. The average molecular weight is 304 g/mol. The van der Waals surface area contributed by atoms with Gasteiger partial charge in [-0.1, -0.05) is 0 Å². The van der Waals surface area contributed by atoms with E-state index in [0.29, 0.717) is 11.7 Å². The smallest absolute Gasteiger partial charge is 0.200 e. The zero-order chi connectivity index (χ0) is 14.8. The molecule has 2 aliphatic heterocycles. The Morgan fingerprint density at radius 3 is 3.19 bits per heavy atom. The van der Waals surface area contributed by atoms with Crippen LogP contribution in [0.25, 0.3) is 0 Å². The molecule has 6 heteroatoms. The van der Waals surface area contributed by atoms with Gasteiger partial charge in [0.1, 0.15) is 18.1 Å². The summed E-state index contributed by atoms with van der Waals surface area (Å²) >= 11 is 5.36. The predicted molar refractivity (Wildman–Crippen MR) is 84.3 cm³/mol. The van der Waals surface area contributed by atoms with Crippen LogP contribution in [-0.4, -0.2) is 41.4 Å². The lowest BCUT2D eigenvalue weighted by Gasteiger charge is -2.34. The molecule has 1 radical (unpaired) electrons. The van der Waals surface area contributed by atoms with E-state index < -0.39 is 0 Å². The summed E-state index contributed by atoms with van der Waals surface area (Å²) in [5.74, 6) is 1.10. The number of thiocarbonyl (C=S) groups is 1. The van der Waals surface area contributed by atoms with Crippen molar-refractivity contribution in [3.8, 4) is 11.5 Å². The summed E-state index contributed by atoms with van der Waals surface area (Å²) in [4.78, 5) is 2.08. The lowest BCUT2D eigenvalue weighted by Crippen LogP contribution is -2.44. The third kappa shape index (κ3) is 2.82. The third-order valence-corrected chi connectivity index (χ3v) is 4.07. The van der Waals surface area contributed by atoms with Crippen LogP contribution in [0.2, 0.25) is 0 Å². The maximum atomic E-state index is 9.63. The van der Waals surface area contributed by atoms with Crippen LogP contribution in [0.15, 0.2) is 30.1 Å². The van der Waals surface area contributed by atoms with Crippen LogP contribution in [0.3, 0.4) is 0 Å². The van der Waals surface area contributed by atoms with Crippen molar-refractivity contribution in [3.63, 3.8) is 0 Å². The zero-order valence-electron chi connectivity index (χ0n) is 11.9. The van der Waals surface area contributed by atoms with Gasteiger partial charge in [-0.3, -0.25) is 0 Å². The summed E-state index contributed by atoms with van der Waals surface area (Å²) in [7, 11) is 1.93. The summed E-state index contributed by atoms with van der Waals surface area (Å²) in [5.41, 5.74) is 2.13. The number of nitrogens with zero attached hydrogens (tertiary/aromatic N) is 2. The molecule has 3 rings (SSSR count). The van der Waals surface area contributed by atoms with Crippen molar-refractivity contribution in [1.29, 1.82) is 0 Å². The van der Waals surface area contributed by atoms with Crippen LogP contribution in [0.5, 0.6) is 11.5 Å². The maximum Gasteiger partial charge on any atom is 0.200 e. The van der Waals surface area contributed by atoms with Gasteiger partial charge in [0.25, 0.3) is 0 Å². The highest BCUT2D eigenvalue weighted by atomic mass is 32.1. The fraction of sp³-hybridized carbons (Fsp3) is 0.400. The summed E-state index contributed by atoms with van der Waals surface area (Å²) in [6.45, 7) is 1.45. The molecule has 2 aliphatic rings. The second-order valence-electron chi connectivity index (χ2n) is 5.22. The van der Waals surface area contributed by atoms with Crippen LogP contribution >= 0.6 is 12.2 Å². The average Bonchev–Trinajstić information content (AvgIpc) is 2.85. The summed E-state index contributed by atoms with van der Waals surface area (Å²) < 4.78 is 5.81. The van der Waals surface area contributed by atoms with E-state index in [1.807, 2.05) is 19.3 Å². The number of rotatable bonds is 4. The Hall–Kier alpha value is -1.79. The predicted octanol–water partition coefficient (Wildman–Crippen LogP) is 1.35. The molecule has 111 valence electrons. The number of benzene rings is 1. The Labute approximate surface area is 129 Å². The molecule has 5 nitrogen and oxygen atoms in total. The number of ether oxygens (including phenoxy) is 1. The van der Waals surface area contributed by atoms with Crippen LogP contribution < -0.4 is 15.4 Å². The maximum absolute atomic E-state index is 9.63. The van der Waals surface area contributed by atoms with Crippen LogP contribution in [0, 0.1) is 0 Å². The molecule has 0 aromatic heterocycles. The van der Waals surface area contributed by atoms with Crippen LogP contribution in [0.1, 0.15) is 12.0 Å². The number of aromatic hydroxyl groups is 1. The number of fused-ring (bicyclic) bond motifs is 1. The lowest BCUT2D eigenvalue weighted by molar-refractivity contribution is 0.196. The molecule has 21 heavy (non-hydrogen) atoms. The monoisotopic (exact) mass is 304 g/mol. The van der Waals surface area contributed by atoms with Gasteiger partial charge in [-0.25, -0.2) is 5.32 Å². The molecule has 2 N–H and O–H groups in total. The third-order valence-electron chi connectivity index (χ3n) is 3.77. The van der Waals surface area contributed by atoms with Crippen molar-refractivity contribution in [2.24, 2.45) is 0 Å². The molecule has 0 bridgehead atoms. The SMILES string of the molecule is CNCCC1=C[N]C(=S)N1C1COc2ccc(O)cc2C1. The number of hydrogen-bond donors (Lipinski definition) is 2. The van der Waals surface area contributed by atoms with Crippen LogP contribution in [-0.2, 0) is 6.42 Å². The Morgan fingerprint density at radius 1 is 1.52 bits per heavy atom. The molecule has 1 unspecified atom stereocenters. The molecule has 2 heterocycles. The van der Waals surface area contributed by atoms with Gasteiger partial charge >= 0.3 is 0 Å². The van der Waals surface area contributed by atoms with E-state index in [1.54, 1.807) is 12.1 Å². The minimum atomic E-state index is 0.126. The summed E-state index contributed by atoms with van der Waals surface area (Å²) in [6, 6.07) is 5.34. The van der Waals surface area contributed by atoms with E-state index in [0.717, 1.165) is 36.4 Å². The molecule has 1 aromatic rings. The normalized spacial score (nSPS) is 20.6. The standard InChI is InChI=1S/C15H18N3O2S/c1-16-5-4-11-8-17-15(21)18(11)12-6-10-7-13(19)2-3-14(10)20-9-12/h2-3,7-8,12,16,19H,4-6,9H2,1H3. The topological polar surface area (TPSA) is 58.8 Å². The van der Waals surface area contributed by atoms with Gasteiger partial charge in [0.2, 0.25) is 0 Å². The minimum absolute atomic E-state index is 0.126. The van der Waals surface area contributed by atoms with Crippen molar-refractivity contribution in [1.82, 2.24) is 15.5 Å². The van der Waals surface area contributed by atoms with E-state index in [9.17, 15) is 5.11 Å². The molecule has 0 saturated carbocycles. The summed E-state index contributed by atoms with van der Waals surface area (Å²) in [6.07, 6.45) is 3.51. The molecule has 1 aromatic carbocycles. The Morgan fingerprint density at radius 2 is 2.38 bits per heavy atom. The van der Waals surface area contributed by atoms with Crippen molar-refractivity contribution in [2.45, 2.75) is 18.9 Å². The number of phenolic OH excluding ortho intramolecular Hbond substituents is 1. The van der Waals surface area contributed by atoms with E-state index in [1.165, 1.54) is 0 Å². The highest BCUT2D eigenvalue weighted by Crippen LogP contribution is 2.32. The number of nitrogens with one attached hydrogen (secondary N) is 1. The van der Waals surface area contributed by atoms with Gasteiger partial charge in [-0.15, -0.1) is 0 Å². The van der Waals surface area contributed by atoms with Gasteiger partial charge in [0.15, 0.2) is 5.11 Å². The van der Waals surface area contributed by atoms with Gasteiger partial charge < -0.3 is 20.1 Å². The fourth-order valence-corrected chi connectivity index (χ4v) is 3.06. The van der Waals surface area contributed by atoms with E-state index in [2.05, 4.69) is 15.5 Å². The Kier molecular flexibility index (Phi) is 3.98. The zero-order valence-corrected chi connectivity index (χ0v) is 12.7. The van der Waals surface area contributed by atoms with Gasteiger partial charge in [0, 0.05) is 31.3 Å². The second-order valence-corrected chi connectivity index (χ2v) is 5.58. The van der Waals surface area contributed by atoms with Crippen LogP contribution in [0.4, 0.5) is 0 Å². The Bertz CT molecular complexity index is 588. The molecular weight excluding hydrogens is 286 g/mol. The van der Waals surface area contributed by atoms with E-state index in [-0.39, 0.29) is 11.8 Å². The quantitative estimate of drug-likeness (QED) is 0.822. The first-order chi connectivity index (χ1) is 10.2. The number of hydrogen-bond acceptors (Lipinski definition) is 4. The molecule has 0 fully saturated rings. The first-order valence-corrected chi connectivity index (χ1v) is 7.42. The first kappa shape index (κ1) is 14.2. The first-order valence-electron chi connectivity index (χ1n) is 7.01. The van der Waals surface area contributed by atoms with Crippen molar-refractivity contribution in [3.05, 3.63) is 35.7 Å². The highest BCUT2D eigenvalue weighted by molar-refractivity contribution is 7.80. The highest BCUT2D eigenvalue weighted by Gasteiger charge is 2.32. The fourth-order valence-electron chi connectivity index (χ4n) is 2.74. The summed E-state index contributed by atoms with van der Waals surface area (Å²) in [5, 5.41) is 17.6. The molecule has 0 aliphatic carbocycles. The molecule has 1 atom stereocenters.